The van der Waals surface area contributed by atoms with Gasteiger partial charge in [-0.15, -0.1) is 0 Å². The molecule has 0 aliphatic carbocycles. The highest BCUT2D eigenvalue weighted by Crippen LogP contribution is 2.26. The molecule has 5 heteroatoms. The molecule has 0 unspecified atom stereocenters. The Kier molecular flexibility index (Phi) is 5.18. The largest absolute Gasteiger partial charge is 0.507 e. The summed E-state index contributed by atoms with van der Waals surface area (Å²) in [6.45, 7) is 5.15. The van der Waals surface area contributed by atoms with Crippen molar-refractivity contribution in [3.05, 3.63) is 23.8 Å². The van der Waals surface area contributed by atoms with Crippen LogP contribution in [0, 0.1) is 5.41 Å². The van der Waals surface area contributed by atoms with Crippen LogP contribution in [0.2, 0.25) is 0 Å². The predicted octanol–water partition coefficient (Wildman–Crippen LogP) is 1.59. The Hall–Kier alpha value is -1.75. The van der Waals surface area contributed by atoms with Gasteiger partial charge in [-0.1, -0.05) is 19.9 Å². The second kappa shape index (κ2) is 6.43. The molecule has 0 atom stereocenters. The molecule has 0 aromatic heterocycles. The summed E-state index contributed by atoms with van der Waals surface area (Å²) in [6, 6.07) is 4.22. The highest BCUT2D eigenvalue weighted by atomic mass is 16.3. The zero-order valence-corrected chi connectivity index (χ0v) is 11.4. The van der Waals surface area contributed by atoms with Gasteiger partial charge in [0.25, 0.3) is 5.91 Å². The van der Waals surface area contributed by atoms with E-state index in [0.717, 1.165) is 12.8 Å². The smallest absolute Gasteiger partial charge is 0.258 e. The van der Waals surface area contributed by atoms with Crippen LogP contribution in [0.5, 0.6) is 11.5 Å². The lowest BCUT2D eigenvalue weighted by Gasteiger charge is -2.24. The van der Waals surface area contributed by atoms with Crippen molar-refractivity contribution in [1.82, 2.24) is 5.32 Å². The number of carbonyl (C=O) groups is 1. The first-order valence-corrected chi connectivity index (χ1v) is 6.36. The molecule has 0 aliphatic heterocycles. The second-order valence-corrected chi connectivity index (χ2v) is 5.41. The van der Waals surface area contributed by atoms with Crippen molar-refractivity contribution in [3.8, 4) is 11.5 Å². The van der Waals surface area contributed by atoms with Crippen LogP contribution in [0.15, 0.2) is 18.2 Å². The maximum atomic E-state index is 12.0. The van der Waals surface area contributed by atoms with Gasteiger partial charge in [0, 0.05) is 6.54 Å². The highest BCUT2D eigenvalue weighted by Gasteiger charge is 2.21. The molecule has 0 bridgehead atoms. The van der Waals surface area contributed by atoms with E-state index in [2.05, 4.69) is 5.32 Å². The SMILES string of the molecule is CC(C)(CCCN)CNC(=O)c1c(O)cccc1O. The van der Waals surface area contributed by atoms with Crippen molar-refractivity contribution >= 4 is 5.91 Å². The fourth-order valence-corrected chi connectivity index (χ4v) is 1.84. The van der Waals surface area contributed by atoms with Crippen LogP contribution in [0.25, 0.3) is 0 Å². The van der Waals surface area contributed by atoms with E-state index in [1.807, 2.05) is 13.8 Å². The Morgan fingerprint density at radius 3 is 2.42 bits per heavy atom. The number of hydrogen-bond acceptors (Lipinski definition) is 4. The molecule has 5 nitrogen and oxygen atoms in total. The normalized spacial score (nSPS) is 11.3. The van der Waals surface area contributed by atoms with Gasteiger partial charge in [-0.25, -0.2) is 0 Å². The Balaban J connectivity index is 2.66. The number of amides is 1. The van der Waals surface area contributed by atoms with Crippen LogP contribution in [0.1, 0.15) is 37.0 Å². The van der Waals surface area contributed by atoms with E-state index in [0.29, 0.717) is 13.1 Å². The molecule has 1 aromatic rings. The molecule has 1 amide bonds. The molecule has 0 saturated heterocycles. The average molecular weight is 266 g/mol. The molecule has 0 spiro atoms. The molecule has 1 rings (SSSR count). The van der Waals surface area contributed by atoms with Crippen LogP contribution in [0.4, 0.5) is 0 Å². The number of carbonyl (C=O) groups excluding carboxylic acids is 1. The Morgan fingerprint density at radius 1 is 1.32 bits per heavy atom. The van der Waals surface area contributed by atoms with E-state index < -0.39 is 5.91 Å². The first-order valence-electron chi connectivity index (χ1n) is 6.36. The van der Waals surface area contributed by atoms with Crippen LogP contribution < -0.4 is 11.1 Å². The predicted molar refractivity (Wildman–Crippen MR) is 74.2 cm³/mol. The fraction of sp³-hybridized carbons (Fsp3) is 0.500. The third-order valence-electron chi connectivity index (χ3n) is 3.03. The van der Waals surface area contributed by atoms with E-state index in [-0.39, 0.29) is 22.5 Å². The van der Waals surface area contributed by atoms with Gasteiger partial charge in [-0.05, 0) is 36.9 Å². The van der Waals surface area contributed by atoms with Crippen LogP contribution >= 0.6 is 0 Å². The van der Waals surface area contributed by atoms with Gasteiger partial charge in [-0.2, -0.15) is 0 Å². The van der Waals surface area contributed by atoms with E-state index in [9.17, 15) is 15.0 Å². The Morgan fingerprint density at radius 2 is 1.89 bits per heavy atom. The summed E-state index contributed by atoms with van der Waals surface area (Å²) in [4.78, 5) is 12.0. The minimum Gasteiger partial charge on any atom is -0.507 e. The summed E-state index contributed by atoms with van der Waals surface area (Å²) >= 11 is 0. The molecule has 0 saturated carbocycles. The summed E-state index contributed by atoms with van der Waals surface area (Å²) in [7, 11) is 0. The number of phenolic OH excluding ortho intramolecular Hbond substituents is 2. The highest BCUT2D eigenvalue weighted by molar-refractivity contribution is 5.99. The first kappa shape index (κ1) is 15.3. The Bertz CT molecular complexity index is 424. The molecule has 19 heavy (non-hydrogen) atoms. The van der Waals surface area contributed by atoms with E-state index >= 15 is 0 Å². The standard InChI is InChI=1S/C14H22N2O3/c1-14(2,7-4-8-15)9-16-13(19)12-10(17)5-3-6-11(12)18/h3,5-6,17-18H,4,7-9,15H2,1-2H3,(H,16,19). The monoisotopic (exact) mass is 266 g/mol. The summed E-state index contributed by atoms with van der Waals surface area (Å²) in [6.07, 6.45) is 1.79. The molecule has 0 aliphatic rings. The number of hydrogen-bond donors (Lipinski definition) is 4. The lowest BCUT2D eigenvalue weighted by Crippen LogP contribution is -2.34. The third-order valence-corrected chi connectivity index (χ3v) is 3.03. The van der Waals surface area contributed by atoms with Crippen molar-refractivity contribution in [2.75, 3.05) is 13.1 Å². The van der Waals surface area contributed by atoms with Gasteiger partial charge in [0.1, 0.15) is 17.1 Å². The number of nitrogens with two attached hydrogens (primary N) is 1. The fourth-order valence-electron chi connectivity index (χ4n) is 1.84. The zero-order chi connectivity index (χ0) is 14.5. The molecule has 5 N–H and O–H groups in total. The lowest BCUT2D eigenvalue weighted by molar-refractivity contribution is 0.0929. The molecule has 106 valence electrons. The van der Waals surface area contributed by atoms with Crippen molar-refractivity contribution < 1.29 is 15.0 Å². The van der Waals surface area contributed by atoms with Crippen LogP contribution in [0.3, 0.4) is 0 Å². The summed E-state index contributed by atoms with van der Waals surface area (Å²) in [5, 5.41) is 21.9. The van der Waals surface area contributed by atoms with Crippen molar-refractivity contribution in [2.45, 2.75) is 26.7 Å². The molecular formula is C14H22N2O3. The minimum absolute atomic E-state index is 0.0744. The van der Waals surface area contributed by atoms with Crippen molar-refractivity contribution in [1.29, 1.82) is 0 Å². The number of nitrogens with one attached hydrogen (secondary N) is 1. The van der Waals surface area contributed by atoms with E-state index in [1.165, 1.54) is 18.2 Å². The van der Waals surface area contributed by atoms with Crippen LogP contribution in [-0.2, 0) is 0 Å². The number of benzene rings is 1. The van der Waals surface area contributed by atoms with Gasteiger partial charge in [-0.3, -0.25) is 4.79 Å². The van der Waals surface area contributed by atoms with Gasteiger partial charge in [0.2, 0.25) is 0 Å². The maximum absolute atomic E-state index is 12.0. The lowest BCUT2D eigenvalue weighted by atomic mass is 9.87. The average Bonchev–Trinajstić information content (AvgIpc) is 2.34. The quantitative estimate of drug-likeness (QED) is 0.629. The Labute approximate surface area is 113 Å². The molecule has 0 radical (unpaired) electrons. The number of phenols is 2. The number of rotatable bonds is 6. The van der Waals surface area contributed by atoms with E-state index in [4.69, 9.17) is 5.73 Å². The van der Waals surface area contributed by atoms with Crippen LogP contribution in [-0.4, -0.2) is 29.2 Å². The molecular weight excluding hydrogens is 244 g/mol. The summed E-state index contributed by atoms with van der Waals surface area (Å²) < 4.78 is 0. The van der Waals surface area contributed by atoms with Gasteiger partial charge >= 0.3 is 0 Å². The minimum atomic E-state index is -0.476. The molecule has 1 aromatic carbocycles. The zero-order valence-electron chi connectivity index (χ0n) is 11.4. The topological polar surface area (TPSA) is 95.6 Å². The second-order valence-electron chi connectivity index (χ2n) is 5.41. The van der Waals surface area contributed by atoms with Gasteiger partial charge < -0.3 is 21.3 Å². The third kappa shape index (κ3) is 4.44. The number of aromatic hydroxyl groups is 2. The summed E-state index contributed by atoms with van der Waals surface area (Å²) in [5.74, 6) is -0.925. The van der Waals surface area contributed by atoms with Crippen molar-refractivity contribution in [2.24, 2.45) is 11.1 Å². The molecule has 0 fully saturated rings. The summed E-state index contributed by atoms with van der Waals surface area (Å²) in [5.41, 5.74) is 5.31. The van der Waals surface area contributed by atoms with E-state index in [1.54, 1.807) is 0 Å². The van der Waals surface area contributed by atoms with Gasteiger partial charge in [0.15, 0.2) is 0 Å². The van der Waals surface area contributed by atoms with Crippen molar-refractivity contribution in [3.63, 3.8) is 0 Å². The molecule has 0 heterocycles. The first-order chi connectivity index (χ1) is 8.87. The van der Waals surface area contributed by atoms with Gasteiger partial charge in [0.05, 0.1) is 0 Å². The maximum Gasteiger partial charge on any atom is 0.258 e.